The van der Waals surface area contributed by atoms with Crippen molar-refractivity contribution in [1.82, 2.24) is 5.32 Å². The second-order valence-corrected chi connectivity index (χ2v) is 7.05. The van der Waals surface area contributed by atoms with E-state index in [-0.39, 0.29) is 30.3 Å². The fourth-order valence-corrected chi connectivity index (χ4v) is 4.14. The van der Waals surface area contributed by atoms with Gasteiger partial charge in [0.05, 0.1) is 12.7 Å². The Morgan fingerprint density at radius 3 is 2.38 bits per heavy atom. The topological polar surface area (TPSA) is 60.1 Å². The summed E-state index contributed by atoms with van der Waals surface area (Å²) in [5, 5.41) is 2.82. The van der Waals surface area contributed by atoms with E-state index in [0.29, 0.717) is 19.8 Å². The van der Waals surface area contributed by atoms with Crippen molar-refractivity contribution >= 4 is 6.09 Å². The highest BCUT2D eigenvalue weighted by Crippen LogP contribution is 2.44. The van der Waals surface area contributed by atoms with Gasteiger partial charge in [0.1, 0.15) is 18.8 Å². The number of alkyl carbamates (subject to hydrolysis) is 1. The number of benzene rings is 2. The molecule has 5 nitrogen and oxygen atoms in total. The summed E-state index contributed by atoms with van der Waals surface area (Å²) in [6.45, 7) is 1.56. The lowest BCUT2D eigenvalue weighted by molar-refractivity contribution is 0.0245. The molecule has 5 rings (SSSR count). The van der Waals surface area contributed by atoms with Gasteiger partial charge in [-0.2, -0.15) is 0 Å². The van der Waals surface area contributed by atoms with Crippen molar-refractivity contribution in [2.45, 2.75) is 30.7 Å². The number of epoxide rings is 1. The highest BCUT2D eigenvalue weighted by molar-refractivity contribution is 5.79. The van der Waals surface area contributed by atoms with E-state index in [0.717, 1.165) is 6.42 Å². The van der Waals surface area contributed by atoms with E-state index >= 15 is 0 Å². The Morgan fingerprint density at radius 2 is 1.77 bits per heavy atom. The number of carbonyl (C=O) groups is 1. The molecule has 2 fully saturated rings. The average Bonchev–Trinajstić information content (AvgIpc) is 3.24. The standard InChI is InChI=1S/C21H21NO4/c23-21(22-10-9-18-20-19(26-20)12-24-18)25-11-17-15-7-3-1-5-13(15)14-6-2-4-8-16(14)17/h1-8,17-20H,9-12H2,(H,22,23)/t18-,19-,20+/m1/s1. The van der Waals surface area contributed by atoms with E-state index in [1.165, 1.54) is 22.3 Å². The molecular formula is C21H21NO4. The summed E-state index contributed by atoms with van der Waals surface area (Å²) in [5.74, 6) is 0.0898. The fraction of sp³-hybridized carbons (Fsp3) is 0.381. The number of carbonyl (C=O) groups excluding carboxylic acids is 1. The summed E-state index contributed by atoms with van der Waals surface area (Å²) in [6, 6.07) is 16.6. The van der Waals surface area contributed by atoms with Crippen LogP contribution in [0.15, 0.2) is 48.5 Å². The number of hydrogen-bond donors (Lipinski definition) is 1. The fourth-order valence-electron chi connectivity index (χ4n) is 4.14. The van der Waals surface area contributed by atoms with Crippen LogP contribution in [0.5, 0.6) is 0 Å². The quantitative estimate of drug-likeness (QED) is 0.841. The van der Waals surface area contributed by atoms with Gasteiger partial charge in [0.25, 0.3) is 0 Å². The van der Waals surface area contributed by atoms with Gasteiger partial charge in [-0.3, -0.25) is 0 Å². The molecule has 5 heteroatoms. The third-order valence-corrected chi connectivity index (χ3v) is 5.50. The van der Waals surface area contributed by atoms with Crippen LogP contribution < -0.4 is 5.32 Å². The maximum Gasteiger partial charge on any atom is 0.407 e. The third kappa shape index (κ3) is 2.77. The van der Waals surface area contributed by atoms with Gasteiger partial charge in [-0.05, 0) is 28.7 Å². The number of amides is 1. The minimum absolute atomic E-state index is 0.0898. The number of ether oxygens (including phenoxy) is 3. The largest absolute Gasteiger partial charge is 0.449 e. The highest BCUT2D eigenvalue weighted by atomic mass is 16.7. The molecule has 3 atom stereocenters. The number of rotatable bonds is 5. The van der Waals surface area contributed by atoms with Crippen molar-refractivity contribution in [2.24, 2.45) is 0 Å². The summed E-state index contributed by atoms with van der Waals surface area (Å²) in [6.07, 6.45) is 1.01. The minimum atomic E-state index is -0.377. The summed E-state index contributed by atoms with van der Waals surface area (Å²) in [5.41, 5.74) is 4.90. The molecule has 2 aliphatic heterocycles. The first-order valence-electron chi connectivity index (χ1n) is 9.17. The van der Waals surface area contributed by atoms with Crippen LogP contribution in [0.4, 0.5) is 4.79 Å². The van der Waals surface area contributed by atoms with Crippen LogP contribution >= 0.6 is 0 Å². The van der Waals surface area contributed by atoms with E-state index in [2.05, 4.69) is 29.6 Å². The maximum absolute atomic E-state index is 12.1. The van der Waals surface area contributed by atoms with Crippen molar-refractivity contribution in [3.63, 3.8) is 0 Å². The normalized spacial score (nSPS) is 25.3. The van der Waals surface area contributed by atoms with Crippen LogP contribution in [-0.2, 0) is 14.2 Å². The molecule has 3 aliphatic rings. The lowest BCUT2D eigenvalue weighted by Gasteiger charge is -2.15. The first-order chi connectivity index (χ1) is 12.8. The van der Waals surface area contributed by atoms with Crippen LogP contribution in [-0.4, -0.2) is 44.2 Å². The van der Waals surface area contributed by atoms with Crippen molar-refractivity contribution < 1.29 is 19.0 Å². The second-order valence-electron chi connectivity index (χ2n) is 7.05. The van der Waals surface area contributed by atoms with Crippen LogP contribution in [0.1, 0.15) is 23.5 Å². The summed E-state index contributed by atoms with van der Waals surface area (Å²) < 4.78 is 16.6. The smallest absolute Gasteiger partial charge is 0.407 e. The van der Waals surface area contributed by atoms with E-state index in [1.54, 1.807) is 0 Å². The van der Waals surface area contributed by atoms with Crippen LogP contribution in [0.3, 0.4) is 0 Å². The number of nitrogens with one attached hydrogen (secondary N) is 1. The van der Waals surface area contributed by atoms with E-state index in [9.17, 15) is 4.79 Å². The Balaban J connectivity index is 1.18. The Labute approximate surface area is 152 Å². The van der Waals surface area contributed by atoms with Gasteiger partial charge in [0.15, 0.2) is 0 Å². The number of hydrogen-bond acceptors (Lipinski definition) is 4. The lowest BCUT2D eigenvalue weighted by Crippen LogP contribution is -2.30. The van der Waals surface area contributed by atoms with Crippen molar-refractivity contribution in [3.8, 4) is 11.1 Å². The zero-order chi connectivity index (χ0) is 17.5. The Hall–Kier alpha value is -2.37. The minimum Gasteiger partial charge on any atom is -0.449 e. The lowest BCUT2D eigenvalue weighted by atomic mass is 9.98. The molecule has 1 aliphatic carbocycles. The van der Waals surface area contributed by atoms with Crippen LogP contribution in [0.2, 0.25) is 0 Å². The summed E-state index contributed by atoms with van der Waals surface area (Å²) in [7, 11) is 0. The van der Waals surface area contributed by atoms with Crippen molar-refractivity contribution in [2.75, 3.05) is 19.8 Å². The molecule has 0 aromatic heterocycles. The molecule has 2 heterocycles. The molecule has 0 radical (unpaired) electrons. The number of fused-ring (bicyclic) bond motifs is 4. The molecule has 0 bridgehead atoms. The van der Waals surface area contributed by atoms with Gasteiger partial charge in [-0.15, -0.1) is 0 Å². The van der Waals surface area contributed by atoms with Gasteiger partial charge in [-0.1, -0.05) is 48.5 Å². The highest BCUT2D eigenvalue weighted by Gasteiger charge is 2.51. The summed E-state index contributed by atoms with van der Waals surface area (Å²) >= 11 is 0. The second kappa shape index (κ2) is 6.41. The van der Waals surface area contributed by atoms with E-state index in [1.807, 2.05) is 24.3 Å². The van der Waals surface area contributed by atoms with Crippen molar-refractivity contribution in [3.05, 3.63) is 59.7 Å². The summed E-state index contributed by atoms with van der Waals surface area (Å²) in [4.78, 5) is 12.1. The molecule has 26 heavy (non-hydrogen) atoms. The van der Waals surface area contributed by atoms with Crippen LogP contribution in [0, 0.1) is 0 Å². The predicted octanol–water partition coefficient (Wildman–Crippen LogP) is 3.08. The molecule has 2 aromatic rings. The first-order valence-corrected chi connectivity index (χ1v) is 9.17. The molecule has 1 N–H and O–H groups in total. The van der Waals surface area contributed by atoms with E-state index in [4.69, 9.17) is 14.2 Å². The molecule has 1 amide bonds. The maximum atomic E-state index is 12.1. The van der Waals surface area contributed by atoms with Gasteiger partial charge < -0.3 is 19.5 Å². The first kappa shape index (κ1) is 15.9. The SMILES string of the molecule is O=C(NCC[C@H]1OC[C@H]2O[C@@H]12)OCC1c2ccccc2-c2ccccc21. The zero-order valence-electron chi connectivity index (χ0n) is 14.4. The van der Waals surface area contributed by atoms with Gasteiger partial charge in [0.2, 0.25) is 0 Å². The van der Waals surface area contributed by atoms with Gasteiger partial charge in [0, 0.05) is 12.5 Å². The van der Waals surface area contributed by atoms with Crippen LogP contribution in [0.25, 0.3) is 11.1 Å². The molecule has 134 valence electrons. The molecule has 0 unspecified atom stereocenters. The third-order valence-electron chi connectivity index (χ3n) is 5.50. The Morgan fingerprint density at radius 1 is 1.08 bits per heavy atom. The predicted molar refractivity (Wildman–Crippen MR) is 96.1 cm³/mol. The van der Waals surface area contributed by atoms with Gasteiger partial charge >= 0.3 is 6.09 Å². The average molecular weight is 351 g/mol. The zero-order valence-corrected chi connectivity index (χ0v) is 14.4. The van der Waals surface area contributed by atoms with E-state index < -0.39 is 0 Å². The van der Waals surface area contributed by atoms with Gasteiger partial charge in [-0.25, -0.2) is 4.79 Å². The molecule has 2 aromatic carbocycles. The Bertz CT molecular complexity index is 791. The van der Waals surface area contributed by atoms with Crippen molar-refractivity contribution in [1.29, 1.82) is 0 Å². The molecule has 0 saturated carbocycles. The molecular weight excluding hydrogens is 330 g/mol. The molecule has 0 spiro atoms. The Kier molecular flexibility index (Phi) is 3.91. The molecule has 2 saturated heterocycles. The monoisotopic (exact) mass is 351 g/mol.